The second-order valence-corrected chi connectivity index (χ2v) is 7.17. The summed E-state index contributed by atoms with van der Waals surface area (Å²) in [5.41, 5.74) is 1.59. The van der Waals surface area contributed by atoms with E-state index in [1.165, 1.54) is 0 Å². The lowest BCUT2D eigenvalue weighted by Crippen LogP contribution is -2.48. The minimum atomic E-state index is -0.0286. The van der Waals surface area contributed by atoms with Crippen molar-refractivity contribution in [3.8, 4) is 5.75 Å². The number of methoxy groups -OCH3 is 1. The minimum Gasteiger partial charge on any atom is -0.496 e. The van der Waals surface area contributed by atoms with Gasteiger partial charge in [0.1, 0.15) is 10.8 Å². The number of benzene rings is 1. The molecule has 0 aliphatic carbocycles. The van der Waals surface area contributed by atoms with Crippen molar-refractivity contribution in [2.24, 2.45) is 0 Å². The summed E-state index contributed by atoms with van der Waals surface area (Å²) in [5.74, 6) is 0.532. The zero-order valence-corrected chi connectivity index (χ0v) is 16.6. The number of ether oxygens (including phenoxy) is 1. The van der Waals surface area contributed by atoms with Gasteiger partial charge < -0.3 is 9.64 Å². The van der Waals surface area contributed by atoms with Crippen LogP contribution in [0.2, 0.25) is 5.02 Å². The van der Waals surface area contributed by atoms with Crippen molar-refractivity contribution in [2.45, 2.75) is 13.5 Å². The van der Waals surface area contributed by atoms with Crippen molar-refractivity contribution < 1.29 is 9.53 Å². The minimum absolute atomic E-state index is 0. The number of rotatable bonds is 4. The van der Waals surface area contributed by atoms with Crippen molar-refractivity contribution in [1.82, 2.24) is 14.8 Å². The van der Waals surface area contributed by atoms with E-state index in [4.69, 9.17) is 16.3 Å². The Kier molecular flexibility index (Phi) is 7.07. The van der Waals surface area contributed by atoms with Crippen LogP contribution in [0.1, 0.15) is 21.1 Å². The van der Waals surface area contributed by atoms with Gasteiger partial charge in [-0.05, 0) is 25.1 Å². The highest BCUT2D eigenvalue weighted by molar-refractivity contribution is 7.09. The second kappa shape index (κ2) is 8.85. The molecule has 1 aliphatic rings. The van der Waals surface area contributed by atoms with Gasteiger partial charge in [-0.25, -0.2) is 4.98 Å². The molecule has 0 atom stereocenters. The Bertz CT molecular complexity index is 730. The molecule has 2 aromatic rings. The summed E-state index contributed by atoms with van der Waals surface area (Å²) in [6.07, 6.45) is 0. The van der Waals surface area contributed by atoms with Crippen molar-refractivity contribution in [2.75, 3.05) is 33.3 Å². The molecule has 1 saturated heterocycles. The molecule has 2 heterocycles. The lowest BCUT2D eigenvalue weighted by Gasteiger charge is -2.34. The van der Waals surface area contributed by atoms with Crippen LogP contribution >= 0.6 is 35.3 Å². The van der Waals surface area contributed by atoms with Crippen LogP contribution in [0.15, 0.2) is 23.6 Å². The first-order chi connectivity index (χ1) is 11.6. The fourth-order valence-electron chi connectivity index (χ4n) is 2.79. The maximum atomic E-state index is 12.8. The Morgan fingerprint density at radius 1 is 1.32 bits per heavy atom. The van der Waals surface area contributed by atoms with Gasteiger partial charge in [-0.3, -0.25) is 9.69 Å². The molecule has 3 rings (SSSR count). The monoisotopic (exact) mass is 401 g/mol. The number of amides is 1. The fourth-order valence-corrected chi connectivity index (χ4v) is 3.78. The van der Waals surface area contributed by atoms with E-state index in [9.17, 15) is 4.79 Å². The number of hydrogen-bond donors (Lipinski definition) is 0. The molecular weight excluding hydrogens is 381 g/mol. The van der Waals surface area contributed by atoms with Gasteiger partial charge in [0.2, 0.25) is 0 Å². The summed E-state index contributed by atoms with van der Waals surface area (Å²) in [6.45, 7) is 5.92. The number of halogens is 2. The lowest BCUT2D eigenvalue weighted by atomic mass is 10.1. The van der Waals surface area contributed by atoms with Gasteiger partial charge in [0.15, 0.2) is 0 Å². The van der Waals surface area contributed by atoms with E-state index in [0.717, 1.165) is 30.3 Å². The average Bonchev–Trinajstić information content (AvgIpc) is 3.00. The summed E-state index contributed by atoms with van der Waals surface area (Å²) in [4.78, 5) is 21.5. The van der Waals surface area contributed by atoms with Crippen LogP contribution < -0.4 is 4.74 Å². The SMILES string of the molecule is COc1ccc(Cl)cc1C(=O)N1CCN(Cc2nc(C)cs2)CC1.Cl. The molecule has 0 N–H and O–H groups in total. The zero-order chi connectivity index (χ0) is 17.1. The summed E-state index contributed by atoms with van der Waals surface area (Å²) >= 11 is 7.72. The molecule has 0 spiro atoms. The Balaban J connectivity index is 0.00000225. The van der Waals surface area contributed by atoms with Gasteiger partial charge in [-0.1, -0.05) is 11.6 Å². The van der Waals surface area contributed by atoms with E-state index in [1.54, 1.807) is 36.6 Å². The highest BCUT2D eigenvalue weighted by atomic mass is 35.5. The third kappa shape index (κ3) is 4.85. The van der Waals surface area contributed by atoms with E-state index in [0.29, 0.717) is 29.4 Å². The van der Waals surface area contributed by atoms with Gasteiger partial charge in [-0.15, -0.1) is 23.7 Å². The fraction of sp³-hybridized carbons (Fsp3) is 0.412. The molecule has 0 radical (unpaired) electrons. The van der Waals surface area contributed by atoms with E-state index in [1.807, 2.05) is 11.8 Å². The molecule has 25 heavy (non-hydrogen) atoms. The van der Waals surface area contributed by atoms with Gasteiger partial charge in [0.25, 0.3) is 5.91 Å². The molecular formula is C17H21Cl2N3O2S. The van der Waals surface area contributed by atoms with Crippen LogP contribution in [0.3, 0.4) is 0 Å². The first kappa shape index (κ1) is 20.0. The normalized spacial score (nSPS) is 14.9. The zero-order valence-electron chi connectivity index (χ0n) is 14.2. The van der Waals surface area contributed by atoms with Crippen LogP contribution in [0.25, 0.3) is 0 Å². The van der Waals surface area contributed by atoms with Gasteiger partial charge in [-0.2, -0.15) is 0 Å². The molecule has 8 heteroatoms. The topological polar surface area (TPSA) is 45.7 Å². The van der Waals surface area contributed by atoms with Gasteiger partial charge >= 0.3 is 0 Å². The highest BCUT2D eigenvalue weighted by Crippen LogP contribution is 2.24. The maximum Gasteiger partial charge on any atom is 0.257 e. The number of carbonyl (C=O) groups excluding carboxylic acids is 1. The molecule has 5 nitrogen and oxygen atoms in total. The summed E-state index contributed by atoms with van der Waals surface area (Å²) in [5, 5.41) is 3.74. The Labute approximate surface area is 163 Å². The van der Waals surface area contributed by atoms with Crippen molar-refractivity contribution in [3.63, 3.8) is 0 Å². The van der Waals surface area contributed by atoms with Crippen molar-refractivity contribution in [3.05, 3.63) is 44.9 Å². The Hall–Kier alpha value is -1.34. The predicted octanol–water partition coefficient (Wildman–Crippen LogP) is 3.49. The van der Waals surface area contributed by atoms with Gasteiger partial charge in [0.05, 0.1) is 19.2 Å². The number of carbonyl (C=O) groups is 1. The van der Waals surface area contributed by atoms with E-state index >= 15 is 0 Å². The second-order valence-electron chi connectivity index (χ2n) is 5.80. The van der Waals surface area contributed by atoms with E-state index in [2.05, 4.69) is 15.3 Å². The third-order valence-electron chi connectivity index (χ3n) is 4.08. The number of hydrogen-bond acceptors (Lipinski definition) is 5. The predicted molar refractivity (Wildman–Crippen MR) is 103 cm³/mol. The van der Waals surface area contributed by atoms with E-state index in [-0.39, 0.29) is 18.3 Å². The van der Waals surface area contributed by atoms with Crippen molar-refractivity contribution in [1.29, 1.82) is 0 Å². The lowest BCUT2D eigenvalue weighted by molar-refractivity contribution is 0.0625. The third-order valence-corrected chi connectivity index (χ3v) is 5.26. The Morgan fingerprint density at radius 2 is 2.04 bits per heavy atom. The summed E-state index contributed by atoms with van der Waals surface area (Å²) in [6, 6.07) is 5.13. The number of thiazole rings is 1. The molecule has 136 valence electrons. The summed E-state index contributed by atoms with van der Waals surface area (Å²) in [7, 11) is 1.56. The number of nitrogens with zero attached hydrogens (tertiary/aromatic N) is 3. The molecule has 1 aliphatic heterocycles. The van der Waals surface area contributed by atoms with Crippen LogP contribution in [0.5, 0.6) is 5.75 Å². The molecule has 0 unspecified atom stereocenters. The molecule has 1 amide bonds. The van der Waals surface area contributed by atoms with Crippen LogP contribution in [-0.4, -0.2) is 54.0 Å². The molecule has 0 saturated carbocycles. The maximum absolute atomic E-state index is 12.8. The smallest absolute Gasteiger partial charge is 0.257 e. The molecule has 0 bridgehead atoms. The Morgan fingerprint density at radius 3 is 2.64 bits per heavy atom. The number of piperazine rings is 1. The number of aromatic nitrogens is 1. The van der Waals surface area contributed by atoms with E-state index < -0.39 is 0 Å². The van der Waals surface area contributed by atoms with Crippen LogP contribution in [0, 0.1) is 6.92 Å². The van der Waals surface area contributed by atoms with Crippen LogP contribution in [-0.2, 0) is 6.54 Å². The average molecular weight is 402 g/mol. The first-order valence-corrected chi connectivity index (χ1v) is 9.09. The largest absolute Gasteiger partial charge is 0.496 e. The number of aryl methyl sites for hydroxylation is 1. The first-order valence-electron chi connectivity index (χ1n) is 7.83. The summed E-state index contributed by atoms with van der Waals surface area (Å²) < 4.78 is 5.29. The molecule has 1 fully saturated rings. The quantitative estimate of drug-likeness (QED) is 0.786. The van der Waals surface area contributed by atoms with Crippen LogP contribution in [0.4, 0.5) is 0 Å². The van der Waals surface area contributed by atoms with Crippen molar-refractivity contribution >= 4 is 41.3 Å². The highest BCUT2D eigenvalue weighted by Gasteiger charge is 2.24. The standard InChI is InChI=1S/C17H20ClN3O2S.ClH/c1-12-11-24-16(19-12)10-20-5-7-21(8-6-20)17(22)14-9-13(18)3-4-15(14)23-2;/h3-4,9,11H,5-8,10H2,1-2H3;1H. The van der Waals surface area contributed by atoms with Gasteiger partial charge in [0, 0.05) is 42.3 Å². The molecule has 1 aromatic heterocycles. The molecule has 1 aromatic carbocycles.